The minimum Gasteiger partial charge on any atom is -0.383 e. The number of nitrogens with one attached hydrogen (secondary N) is 1. The Morgan fingerprint density at radius 1 is 1.06 bits per heavy atom. The van der Waals surface area contributed by atoms with E-state index in [2.05, 4.69) is 15.3 Å². The lowest BCUT2D eigenvalue weighted by molar-refractivity contribution is 1.11. The molecule has 2 rings (SSSR count). The lowest BCUT2D eigenvalue weighted by atomic mass is 10.3. The summed E-state index contributed by atoms with van der Waals surface area (Å²) in [6, 6.07) is 9.77. The molecule has 0 aliphatic rings. The molecule has 0 fully saturated rings. The Labute approximate surface area is 106 Å². The van der Waals surface area contributed by atoms with Crippen LogP contribution in [0.1, 0.15) is 13.8 Å². The predicted molar refractivity (Wildman–Crippen MR) is 75.7 cm³/mol. The van der Waals surface area contributed by atoms with Crippen LogP contribution in [0, 0.1) is 0 Å². The Kier molecular flexibility index (Phi) is 3.57. The van der Waals surface area contributed by atoms with E-state index in [1.807, 2.05) is 56.3 Å². The zero-order chi connectivity index (χ0) is 13.0. The Balaban J connectivity index is 2.46. The topological polar surface area (TPSA) is 63.8 Å². The largest absolute Gasteiger partial charge is 0.383 e. The molecule has 0 bridgehead atoms. The van der Waals surface area contributed by atoms with Crippen LogP contribution in [-0.4, -0.2) is 9.97 Å². The van der Waals surface area contributed by atoms with Crippen molar-refractivity contribution in [1.29, 1.82) is 0 Å². The predicted octanol–water partition coefficient (Wildman–Crippen LogP) is 1.40. The first-order valence-corrected chi connectivity index (χ1v) is 5.83. The van der Waals surface area contributed by atoms with Gasteiger partial charge in [-0.05, 0) is 26.0 Å². The molecule has 1 aromatic heterocycles. The highest BCUT2D eigenvalue weighted by molar-refractivity contribution is 5.54. The Morgan fingerprint density at radius 2 is 1.78 bits per heavy atom. The molecule has 4 nitrogen and oxygen atoms in total. The van der Waals surface area contributed by atoms with Gasteiger partial charge in [0.25, 0.3) is 0 Å². The first kappa shape index (κ1) is 12.1. The molecule has 18 heavy (non-hydrogen) atoms. The smallest absolute Gasteiger partial charge is 0.229 e. The number of nitrogens with zero attached hydrogens (tertiary/aromatic N) is 2. The summed E-state index contributed by atoms with van der Waals surface area (Å²) in [5, 5.41) is 4.84. The highest BCUT2D eigenvalue weighted by Crippen LogP contribution is 2.10. The fraction of sp³-hybridized carbons (Fsp3) is 0.143. The van der Waals surface area contributed by atoms with Crippen LogP contribution in [0.25, 0.3) is 12.2 Å². The summed E-state index contributed by atoms with van der Waals surface area (Å²) in [4.78, 5) is 8.68. The number of hydrogen-bond donors (Lipinski definition) is 2. The fourth-order valence-electron chi connectivity index (χ4n) is 1.73. The van der Waals surface area contributed by atoms with Crippen molar-refractivity contribution >= 4 is 29.6 Å². The third-order valence-corrected chi connectivity index (χ3v) is 2.60. The summed E-state index contributed by atoms with van der Waals surface area (Å²) in [6.07, 6.45) is 3.83. The van der Waals surface area contributed by atoms with Crippen LogP contribution in [0.5, 0.6) is 0 Å². The molecule has 4 heteroatoms. The molecule has 0 unspecified atom stereocenters. The van der Waals surface area contributed by atoms with E-state index in [0.717, 1.165) is 16.3 Å². The zero-order valence-corrected chi connectivity index (χ0v) is 10.5. The lowest BCUT2D eigenvalue weighted by Crippen LogP contribution is -2.32. The van der Waals surface area contributed by atoms with Gasteiger partial charge >= 0.3 is 0 Å². The zero-order valence-electron chi connectivity index (χ0n) is 10.5. The van der Waals surface area contributed by atoms with Crippen molar-refractivity contribution in [3.05, 3.63) is 40.9 Å². The molecule has 0 aliphatic carbocycles. The molecule has 0 saturated carbocycles. The standard InChI is InChI=1S/C14H16N4/c1-3-11-12(4-2)17-14(18-13(11)15)16-10-8-6-5-7-9-10/h3-9H,1-2H3,(H3,15,16,17,18)/b11-3+,12-4+. The molecular formula is C14H16N4. The highest BCUT2D eigenvalue weighted by atomic mass is 15.1. The SMILES string of the molecule is C/C=c1/nc(Nc2ccccc2)nc(N)/c1=C/C. The average molecular weight is 240 g/mol. The normalized spacial score (nSPS) is 12.8. The van der Waals surface area contributed by atoms with Gasteiger partial charge in [0.1, 0.15) is 5.82 Å². The van der Waals surface area contributed by atoms with E-state index in [4.69, 9.17) is 5.73 Å². The maximum absolute atomic E-state index is 5.92. The van der Waals surface area contributed by atoms with Gasteiger partial charge in [-0.25, -0.2) is 4.98 Å². The van der Waals surface area contributed by atoms with Crippen molar-refractivity contribution in [3.8, 4) is 0 Å². The molecule has 3 N–H and O–H groups in total. The van der Waals surface area contributed by atoms with Gasteiger partial charge in [-0.2, -0.15) is 4.98 Å². The van der Waals surface area contributed by atoms with E-state index in [1.165, 1.54) is 0 Å². The minimum absolute atomic E-state index is 0.485. The lowest BCUT2D eigenvalue weighted by Gasteiger charge is -2.05. The summed E-state index contributed by atoms with van der Waals surface area (Å²) in [5.41, 5.74) is 6.86. The number of para-hydroxylation sites is 1. The van der Waals surface area contributed by atoms with Gasteiger partial charge in [0.15, 0.2) is 0 Å². The van der Waals surface area contributed by atoms with Crippen LogP contribution < -0.4 is 21.6 Å². The molecule has 0 spiro atoms. The average Bonchev–Trinajstić information content (AvgIpc) is 2.39. The van der Waals surface area contributed by atoms with Crippen LogP contribution in [0.2, 0.25) is 0 Å². The number of aromatic nitrogens is 2. The Hall–Kier alpha value is -2.36. The summed E-state index contributed by atoms with van der Waals surface area (Å²) >= 11 is 0. The summed E-state index contributed by atoms with van der Waals surface area (Å²) in [5.74, 6) is 0.997. The van der Waals surface area contributed by atoms with Crippen molar-refractivity contribution in [2.75, 3.05) is 11.1 Å². The number of hydrogen-bond acceptors (Lipinski definition) is 4. The monoisotopic (exact) mass is 240 g/mol. The Morgan fingerprint density at radius 3 is 2.39 bits per heavy atom. The number of rotatable bonds is 2. The van der Waals surface area contributed by atoms with Crippen LogP contribution in [0.3, 0.4) is 0 Å². The summed E-state index contributed by atoms with van der Waals surface area (Å²) < 4.78 is 0. The van der Waals surface area contributed by atoms with Gasteiger partial charge in [-0.3, -0.25) is 0 Å². The van der Waals surface area contributed by atoms with Crippen LogP contribution in [-0.2, 0) is 0 Å². The third-order valence-electron chi connectivity index (χ3n) is 2.60. The van der Waals surface area contributed by atoms with E-state index in [1.54, 1.807) is 0 Å². The van der Waals surface area contributed by atoms with Crippen molar-refractivity contribution in [2.45, 2.75) is 13.8 Å². The van der Waals surface area contributed by atoms with Gasteiger partial charge in [0, 0.05) is 10.9 Å². The molecule has 0 atom stereocenters. The highest BCUT2D eigenvalue weighted by Gasteiger charge is 2.01. The molecule has 0 amide bonds. The van der Waals surface area contributed by atoms with Crippen LogP contribution in [0.15, 0.2) is 30.3 Å². The second-order valence-corrected chi connectivity index (χ2v) is 3.80. The van der Waals surface area contributed by atoms with E-state index in [-0.39, 0.29) is 0 Å². The first-order chi connectivity index (χ1) is 8.74. The van der Waals surface area contributed by atoms with Gasteiger partial charge in [-0.1, -0.05) is 30.4 Å². The number of nitrogen functional groups attached to an aromatic ring is 1. The minimum atomic E-state index is 0.485. The van der Waals surface area contributed by atoms with E-state index in [0.29, 0.717) is 11.8 Å². The van der Waals surface area contributed by atoms with Crippen molar-refractivity contribution < 1.29 is 0 Å². The molecule has 1 heterocycles. The van der Waals surface area contributed by atoms with Gasteiger partial charge in [0.2, 0.25) is 5.95 Å². The van der Waals surface area contributed by atoms with Crippen molar-refractivity contribution in [2.24, 2.45) is 0 Å². The maximum atomic E-state index is 5.92. The summed E-state index contributed by atoms with van der Waals surface area (Å²) in [6.45, 7) is 3.85. The number of anilines is 3. The molecule has 0 radical (unpaired) electrons. The van der Waals surface area contributed by atoms with Crippen LogP contribution in [0.4, 0.5) is 17.5 Å². The fourth-order valence-corrected chi connectivity index (χ4v) is 1.73. The van der Waals surface area contributed by atoms with E-state index < -0.39 is 0 Å². The maximum Gasteiger partial charge on any atom is 0.229 e. The van der Waals surface area contributed by atoms with Gasteiger partial charge in [0.05, 0.1) is 5.35 Å². The first-order valence-electron chi connectivity index (χ1n) is 5.83. The Bertz CT molecular complexity index is 647. The van der Waals surface area contributed by atoms with E-state index in [9.17, 15) is 0 Å². The summed E-state index contributed by atoms with van der Waals surface area (Å²) in [7, 11) is 0. The van der Waals surface area contributed by atoms with Gasteiger partial charge in [-0.15, -0.1) is 0 Å². The van der Waals surface area contributed by atoms with Crippen molar-refractivity contribution in [1.82, 2.24) is 9.97 Å². The molecule has 0 aliphatic heterocycles. The molecule has 92 valence electrons. The second-order valence-electron chi connectivity index (χ2n) is 3.80. The molecule has 2 aromatic rings. The molecular weight excluding hydrogens is 224 g/mol. The molecule has 1 aromatic carbocycles. The van der Waals surface area contributed by atoms with E-state index >= 15 is 0 Å². The third kappa shape index (κ3) is 2.48. The van der Waals surface area contributed by atoms with Crippen molar-refractivity contribution in [3.63, 3.8) is 0 Å². The van der Waals surface area contributed by atoms with Gasteiger partial charge < -0.3 is 11.1 Å². The second kappa shape index (κ2) is 5.31. The van der Waals surface area contributed by atoms with Crippen LogP contribution >= 0.6 is 0 Å². The quantitative estimate of drug-likeness (QED) is 0.833. The number of benzene rings is 1. The number of nitrogens with two attached hydrogens (primary N) is 1. The molecule has 0 saturated heterocycles.